The Morgan fingerprint density at radius 3 is 2.48 bits per heavy atom. The quantitative estimate of drug-likeness (QED) is 0.403. The van der Waals surface area contributed by atoms with E-state index in [1.165, 1.54) is 6.42 Å². The zero-order valence-corrected chi connectivity index (χ0v) is 23.9. The maximum Gasteiger partial charge on any atom is 0.318 e. The summed E-state index contributed by atoms with van der Waals surface area (Å²) in [5.41, 5.74) is 1.02. The largest absolute Gasteiger partial charge is 0.493 e. The standard InChI is InChI=1S/C30H44N4O6/c1-37-27-11-10-24(21-28(27)38-2)12-13-33(22-26-9-6-18-40-26)29(35)23-34(15-14-32-16-19-39-20-17-32)30(36)31-25-7-4-3-5-8-25/h6,9-11,18,21,25H,3-5,7-8,12-17,19-20,22-23H2,1-2H3,(H,31,36). The molecule has 1 aliphatic heterocycles. The predicted octanol–water partition coefficient (Wildman–Crippen LogP) is 3.54. The molecular weight excluding hydrogens is 512 g/mol. The van der Waals surface area contributed by atoms with Crippen molar-refractivity contribution in [1.29, 1.82) is 0 Å². The Hall–Kier alpha value is -3.24. The number of methoxy groups -OCH3 is 2. The molecule has 0 radical (unpaired) electrons. The van der Waals surface area contributed by atoms with Crippen molar-refractivity contribution in [3.8, 4) is 11.5 Å². The van der Waals surface area contributed by atoms with Crippen LogP contribution in [0.15, 0.2) is 41.0 Å². The Bertz CT molecular complexity index is 1050. The number of furan rings is 1. The summed E-state index contributed by atoms with van der Waals surface area (Å²) in [7, 11) is 3.22. The summed E-state index contributed by atoms with van der Waals surface area (Å²) >= 11 is 0. The Labute approximate surface area is 237 Å². The first kappa shape index (κ1) is 29.7. The number of nitrogens with zero attached hydrogens (tertiary/aromatic N) is 3. The number of carbonyl (C=O) groups excluding carboxylic acids is 2. The van der Waals surface area contributed by atoms with Gasteiger partial charge < -0.3 is 33.7 Å². The van der Waals surface area contributed by atoms with Gasteiger partial charge in [-0.3, -0.25) is 9.69 Å². The van der Waals surface area contributed by atoms with Gasteiger partial charge in [0.1, 0.15) is 12.3 Å². The van der Waals surface area contributed by atoms with Crippen LogP contribution >= 0.6 is 0 Å². The second-order valence-corrected chi connectivity index (χ2v) is 10.5. The molecule has 2 fully saturated rings. The number of rotatable bonds is 13. The summed E-state index contributed by atoms with van der Waals surface area (Å²) in [4.78, 5) is 32.9. The molecule has 0 spiro atoms. The third-order valence-electron chi connectivity index (χ3n) is 7.73. The highest BCUT2D eigenvalue weighted by Crippen LogP contribution is 2.28. The molecule has 220 valence electrons. The first-order valence-electron chi connectivity index (χ1n) is 14.4. The van der Waals surface area contributed by atoms with Gasteiger partial charge in [-0.1, -0.05) is 25.3 Å². The van der Waals surface area contributed by atoms with Crippen molar-refractivity contribution in [3.05, 3.63) is 47.9 Å². The average molecular weight is 557 g/mol. The minimum Gasteiger partial charge on any atom is -0.493 e. The molecule has 10 nitrogen and oxygen atoms in total. The maximum absolute atomic E-state index is 13.8. The molecule has 10 heteroatoms. The third-order valence-corrected chi connectivity index (χ3v) is 7.73. The Balaban J connectivity index is 1.44. The van der Waals surface area contributed by atoms with E-state index >= 15 is 0 Å². The number of urea groups is 1. The van der Waals surface area contributed by atoms with Crippen LogP contribution in [0, 0.1) is 0 Å². The first-order valence-corrected chi connectivity index (χ1v) is 14.4. The highest BCUT2D eigenvalue weighted by molar-refractivity contribution is 5.84. The molecule has 2 aromatic rings. The van der Waals surface area contributed by atoms with Gasteiger partial charge in [-0.05, 0) is 49.1 Å². The minimum atomic E-state index is -0.161. The Morgan fingerprint density at radius 2 is 1.77 bits per heavy atom. The summed E-state index contributed by atoms with van der Waals surface area (Å²) in [6, 6.07) is 9.47. The molecule has 4 rings (SSSR count). The van der Waals surface area contributed by atoms with Crippen LogP contribution in [0.2, 0.25) is 0 Å². The number of ether oxygens (including phenoxy) is 3. The summed E-state index contributed by atoms with van der Waals surface area (Å²) in [6.45, 7) is 5.06. The number of carbonyl (C=O) groups is 2. The second kappa shape index (κ2) is 15.5. The molecule has 0 unspecified atom stereocenters. The molecule has 3 amide bonds. The van der Waals surface area contributed by atoms with Crippen molar-refractivity contribution in [2.75, 3.05) is 66.7 Å². The van der Waals surface area contributed by atoms with Gasteiger partial charge >= 0.3 is 6.03 Å². The number of nitrogens with one attached hydrogen (secondary N) is 1. The molecule has 1 aromatic carbocycles. The van der Waals surface area contributed by atoms with E-state index in [1.54, 1.807) is 30.3 Å². The van der Waals surface area contributed by atoms with Crippen molar-refractivity contribution >= 4 is 11.9 Å². The Morgan fingerprint density at radius 1 is 1.00 bits per heavy atom. The SMILES string of the molecule is COc1ccc(CCN(Cc2ccco2)C(=O)CN(CCN2CCOCC2)C(=O)NC2CCCCC2)cc1OC. The van der Waals surface area contributed by atoms with Crippen LogP contribution in [-0.4, -0.2) is 99.4 Å². The van der Waals surface area contributed by atoms with Crippen LogP contribution in [0.25, 0.3) is 0 Å². The van der Waals surface area contributed by atoms with Crippen LogP contribution in [0.3, 0.4) is 0 Å². The van der Waals surface area contributed by atoms with Crippen molar-refractivity contribution in [3.63, 3.8) is 0 Å². The average Bonchev–Trinajstić information content (AvgIpc) is 3.51. The lowest BCUT2D eigenvalue weighted by Gasteiger charge is -2.32. The molecule has 2 aliphatic rings. The first-order chi connectivity index (χ1) is 19.6. The predicted molar refractivity (Wildman–Crippen MR) is 152 cm³/mol. The summed E-state index contributed by atoms with van der Waals surface area (Å²) < 4.78 is 21.9. The summed E-state index contributed by atoms with van der Waals surface area (Å²) in [5, 5.41) is 3.21. The van der Waals surface area contributed by atoms with Crippen LogP contribution in [0.4, 0.5) is 4.79 Å². The van der Waals surface area contributed by atoms with E-state index < -0.39 is 0 Å². The smallest absolute Gasteiger partial charge is 0.318 e. The molecule has 1 aromatic heterocycles. The molecule has 1 aliphatic carbocycles. The van der Waals surface area contributed by atoms with E-state index in [0.29, 0.717) is 63.1 Å². The lowest BCUT2D eigenvalue weighted by Crippen LogP contribution is -2.52. The van der Waals surface area contributed by atoms with E-state index in [0.717, 1.165) is 44.3 Å². The fraction of sp³-hybridized carbons (Fsp3) is 0.600. The van der Waals surface area contributed by atoms with Crippen LogP contribution in [0.5, 0.6) is 11.5 Å². The molecule has 0 bridgehead atoms. The molecule has 40 heavy (non-hydrogen) atoms. The topological polar surface area (TPSA) is 96.7 Å². The fourth-order valence-corrected chi connectivity index (χ4v) is 5.30. The van der Waals surface area contributed by atoms with Gasteiger partial charge in [0.25, 0.3) is 0 Å². The molecule has 1 saturated heterocycles. The summed E-state index contributed by atoms with van der Waals surface area (Å²) in [5.74, 6) is 1.90. The number of morpholine rings is 1. The van der Waals surface area contributed by atoms with Gasteiger partial charge in [-0.25, -0.2) is 4.79 Å². The van der Waals surface area contributed by atoms with Gasteiger partial charge in [0.15, 0.2) is 11.5 Å². The highest BCUT2D eigenvalue weighted by atomic mass is 16.5. The third kappa shape index (κ3) is 8.89. The van der Waals surface area contributed by atoms with Gasteiger partial charge in [0.05, 0.1) is 40.2 Å². The number of hydrogen-bond acceptors (Lipinski definition) is 7. The molecule has 1 saturated carbocycles. The summed E-state index contributed by atoms with van der Waals surface area (Å²) in [6.07, 6.45) is 7.69. The zero-order valence-electron chi connectivity index (χ0n) is 23.9. The molecule has 2 heterocycles. The fourth-order valence-electron chi connectivity index (χ4n) is 5.30. The lowest BCUT2D eigenvalue weighted by atomic mass is 9.96. The van der Waals surface area contributed by atoms with E-state index in [1.807, 2.05) is 30.3 Å². The maximum atomic E-state index is 13.8. The monoisotopic (exact) mass is 556 g/mol. The van der Waals surface area contributed by atoms with E-state index in [-0.39, 0.29) is 24.5 Å². The normalized spacial score (nSPS) is 16.4. The van der Waals surface area contributed by atoms with Crippen molar-refractivity contribution < 1.29 is 28.2 Å². The number of hydrogen-bond donors (Lipinski definition) is 1. The highest BCUT2D eigenvalue weighted by Gasteiger charge is 2.25. The van der Waals surface area contributed by atoms with Crippen molar-refractivity contribution in [1.82, 2.24) is 20.0 Å². The van der Waals surface area contributed by atoms with Gasteiger partial charge in [0, 0.05) is 38.8 Å². The molecular formula is C30H44N4O6. The lowest BCUT2D eigenvalue weighted by molar-refractivity contribution is -0.132. The molecule has 0 atom stereocenters. The van der Waals surface area contributed by atoms with Crippen LogP contribution in [-0.2, 0) is 22.5 Å². The van der Waals surface area contributed by atoms with E-state index in [4.69, 9.17) is 18.6 Å². The second-order valence-electron chi connectivity index (χ2n) is 10.5. The Kier molecular flexibility index (Phi) is 11.5. The number of amides is 3. The molecule has 1 N–H and O–H groups in total. The van der Waals surface area contributed by atoms with Crippen LogP contribution < -0.4 is 14.8 Å². The van der Waals surface area contributed by atoms with Gasteiger partial charge in [-0.2, -0.15) is 0 Å². The van der Waals surface area contributed by atoms with Crippen molar-refractivity contribution in [2.45, 2.75) is 51.1 Å². The number of benzene rings is 1. The van der Waals surface area contributed by atoms with Gasteiger partial charge in [0.2, 0.25) is 5.91 Å². The zero-order chi connectivity index (χ0) is 28.2. The van der Waals surface area contributed by atoms with E-state index in [2.05, 4.69) is 10.2 Å². The minimum absolute atomic E-state index is 0.00946. The van der Waals surface area contributed by atoms with Crippen molar-refractivity contribution in [2.24, 2.45) is 0 Å². The van der Waals surface area contributed by atoms with Gasteiger partial charge in [-0.15, -0.1) is 0 Å². The van der Waals surface area contributed by atoms with Crippen LogP contribution in [0.1, 0.15) is 43.4 Å². The van der Waals surface area contributed by atoms with E-state index in [9.17, 15) is 9.59 Å².